The summed E-state index contributed by atoms with van der Waals surface area (Å²) in [6.07, 6.45) is 0.984. The van der Waals surface area contributed by atoms with Gasteiger partial charge in [-0.25, -0.2) is 8.42 Å². The molecule has 0 aromatic carbocycles. The Bertz CT molecular complexity index is 283. The van der Waals surface area contributed by atoms with Crippen LogP contribution in [0.3, 0.4) is 0 Å². The molecule has 1 rings (SSSR count). The summed E-state index contributed by atoms with van der Waals surface area (Å²) in [5, 5.41) is 0. The van der Waals surface area contributed by atoms with Crippen molar-refractivity contribution in [2.75, 3.05) is 19.0 Å². The summed E-state index contributed by atoms with van der Waals surface area (Å²) in [5.41, 5.74) is 0. The number of hydrogen-bond acceptors (Lipinski definition) is 4. The quantitative estimate of drug-likeness (QED) is 0.742. The van der Waals surface area contributed by atoms with Gasteiger partial charge in [-0.3, -0.25) is 0 Å². The fourth-order valence-corrected chi connectivity index (χ4v) is 2.38. The van der Waals surface area contributed by atoms with Gasteiger partial charge in [0, 0.05) is 6.42 Å². The summed E-state index contributed by atoms with van der Waals surface area (Å²) in [5.74, 6) is 0.126. The van der Waals surface area contributed by atoms with Crippen LogP contribution in [0.25, 0.3) is 0 Å². The molecule has 1 aliphatic rings. The molecule has 1 aliphatic heterocycles. The summed E-state index contributed by atoms with van der Waals surface area (Å²) in [7, 11) is -3.06. The number of rotatable bonds is 3. The molecule has 0 amide bonds. The van der Waals surface area contributed by atoms with Crippen molar-refractivity contribution in [2.45, 2.75) is 44.6 Å². The van der Waals surface area contributed by atoms with Gasteiger partial charge < -0.3 is 9.47 Å². The zero-order valence-electron chi connectivity index (χ0n) is 9.65. The van der Waals surface area contributed by atoms with E-state index in [0.29, 0.717) is 19.6 Å². The zero-order chi connectivity index (χ0) is 11.5. The molecular formula is C10H20O4S. The highest BCUT2D eigenvalue weighted by Crippen LogP contribution is 2.19. The molecule has 0 aromatic heterocycles. The SMILES string of the molecule is CC(C)(C)S(=O)(=O)CCC1OCCCO1. The Hall–Kier alpha value is -0.130. The van der Waals surface area contributed by atoms with E-state index in [1.165, 1.54) is 0 Å². The van der Waals surface area contributed by atoms with Crippen LogP contribution in [0, 0.1) is 0 Å². The zero-order valence-corrected chi connectivity index (χ0v) is 10.5. The molecule has 0 saturated carbocycles. The first kappa shape index (κ1) is 12.9. The van der Waals surface area contributed by atoms with Gasteiger partial charge in [-0.2, -0.15) is 0 Å². The van der Waals surface area contributed by atoms with Gasteiger partial charge in [0.2, 0.25) is 0 Å². The largest absolute Gasteiger partial charge is 0.353 e. The minimum atomic E-state index is -3.06. The van der Waals surface area contributed by atoms with E-state index in [4.69, 9.17) is 9.47 Å². The van der Waals surface area contributed by atoms with Crippen molar-refractivity contribution in [1.29, 1.82) is 0 Å². The van der Waals surface area contributed by atoms with Crippen LogP contribution in [0.2, 0.25) is 0 Å². The summed E-state index contributed by atoms with van der Waals surface area (Å²) in [6, 6.07) is 0. The molecular weight excluding hydrogens is 216 g/mol. The maximum Gasteiger partial charge on any atom is 0.158 e. The van der Waals surface area contributed by atoms with Gasteiger partial charge in [-0.15, -0.1) is 0 Å². The molecule has 0 aromatic rings. The van der Waals surface area contributed by atoms with Gasteiger partial charge >= 0.3 is 0 Å². The van der Waals surface area contributed by atoms with E-state index < -0.39 is 14.6 Å². The van der Waals surface area contributed by atoms with Crippen LogP contribution >= 0.6 is 0 Å². The first-order chi connectivity index (χ1) is 6.83. The van der Waals surface area contributed by atoms with Crippen LogP contribution in [-0.4, -0.2) is 38.4 Å². The third kappa shape index (κ3) is 3.74. The Kier molecular flexibility index (Phi) is 4.14. The van der Waals surface area contributed by atoms with E-state index >= 15 is 0 Å². The van der Waals surface area contributed by atoms with Crippen LogP contribution in [0.15, 0.2) is 0 Å². The normalized spacial score (nSPS) is 20.5. The average Bonchev–Trinajstić information content (AvgIpc) is 2.15. The van der Waals surface area contributed by atoms with E-state index in [-0.39, 0.29) is 12.0 Å². The van der Waals surface area contributed by atoms with Crippen LogP contribution in [0.5, 0.6) is 0 Å². The van der Waals surface area contributed by atoms with E-state index in [1.54, 1.807) is 20.8 Å². The van der Waals surface area contributed by atoms with E-state index in [9.17, 15) is 8.42 Å². The lowest BCUT2D eigenvalue weighted by Crippen LogP contribution is -2.34. The monoisotopic (exact) mass is 236 g/mol. The first-order valence-electron chi connectivity index (χ1n) is 5.28. The van der Waals surface area contributed by atoms with Crippen molar-refractivity contribution < 1.29 is 17.9 Å². The predicted molar refractivity (Wildman–Crippen MR) is 58.5 cm³/mol. The molecule has 90 valence electrons. The minimum absolute atomic E-state index is 0.126. The summed E-state index contributed by atoms with van der Waals surface area (Å²) in [6.45, 7) is 6.47. The summed E-state index contributed by atoms with van der Waals surface area (Å²) >= 11 is 0. The summed E-state index contributed by atoms with van der Waals surface area (Å²) < 4.78 is 33.5. The van der Waals surface area contributed by atoms with Gasteiger partial charge in [0.15, 0.2) is 16.1 Å². The van der Waals surface area contributed by atoms with Crippen molar-refractivity contribution >= 4 is 9.84 Å². The fraction of sp³-hybridized carbons (Fsp3) is 1.00. The van der Waals surface area contributed by atoms with Crippen LogP contribution in [-0.2, 0) is 19.3 Å². The second-order valence-electron chi connectivity index (χ2n) is 4.74. The second kappa shape index (κ2) is 4.80. The number of hydrogen-bond donors (Lipinski definition) is 0. The highest BCUT2D eigenvalue weighted by molar-refractivity contribution is 7.92. The van der Waals surface area contributed by atoms with Crippen LogP contribution < -0.4 is 0 Å². The number of ether oxygens (including phenoxy) is 2. The molecule has 0 atom stereocenters. The number of sulfone groups is 1. The third-order valence-electron chi connectivity index (χ3n) is 2.45. The van der Waals surface area contributed by atoms with Gasteiger partial charge in [-0.1, -0.05) is 0 Å². The molecule has 15 heavy (non-hydrogen) atoms. The van der Waals surface area contributed by atoms with Crippen LogP contribution in [0.4, 0.5) is 0 Å². The van der Waals surface area contributed by atoms with Gasteiger partial charge in [-0.05, 0) is 27.2 Å². The van der Waals surface area contributed by atoms with E-state index in [2.05, 4.69) is 0 Å². The molecule has 0 radical (unpaired) electrons. The highest BCUT2D eigenvalue weighted by atomic mass is 32.2. The Morgan fingerprint density at radius 3 is 2.20 bits per heavy atom. The molecule has 4 nitrogen and oxygen atoms in total. The molecule has 1 saturated heterocycles. The van der Waals surface area contributed by atoms with Crippen molar-refractivity contribution in [3.05, 3.63) is 0 Å². The highest BCUT2D eigenvalue weighted by Gasteiger charge is 2.30. The third-order valence-corrected chi connectivity index (χ3v) is 5.09. The Morgan fingerprint density at radius 1 is 1.20 bits per heavy atom. The standard InChI is InChI=1S/C10H20O4S/c1-10(2,3)15(11,12)8-5-9-13-6-4-7-14-9/h9H,4-8H2,1-3H3. The molecule has 1 fully saturated rings. The van der Waals surface area contributed by atoms with Crippen LogP contribution in [0.1, 0.15) is 33.6 Å². The predicted octanol–water partition coefficient (Wildman–Crippen LogP) is 1.35. The van der Waals surface area contributed by atoms with Crippen molar-refractivity contribution in [1.82, 2.24) is 0 Å². The lowest BCUT2D eigenvalue weighted by molar-refractivity contribution is -0.178. The average molecular weight is 236 g/mol. The Labute approximate surface area is 91.9 Å². The molecule has 5 heteroatoms. The molecule has 0 unspecified atom stereocenters. The molecule has 0 N–H and O–H groups in total. The lowest BCUT2D eigenvalue weighted by Gasteiger charge is -2.25. The van der Waals surface area contributed by atoms with Gasteiger partial charge in [0.25, 0.3) is 0 Å². The Balaban J connectivity index is 2.42. The topological polar surface area (TPSA) is 52.6 Å². The van der Waals surface area contributed by atoms with Crippen molar-refractivity contribution in [2.24, 2.45) is 0 Å². The smallest absolute Gasteiger partial charge is 0.158 e. The van der Waals surface area contributed by atoms with E-state index in [1.807, 2.05) is 0 Å². The van der Waals surface area contributed by atoms with Gasteiger partial charge in [0.05, 0.1) is 23.7 Å². The van der Waals surface area contributed by atoms with Gasteiger partial charge in [0.1, 0.15) is 0 Å². The fourth-order valence-electron chi connectivity index (χ4n) is 1.26. The van der Waals surface area contributed by atoms with Crippen molar-refractivity contribution in [3.8, 4) is 0 Å². The Morgan fingerprint density at radius 2 is 1.73 bits per heavy atom. The molecule has 1 heterocycles. The van der Waals surface area contributed by atoms with Crippen molar-refractivity contribution in [3.63, 3.8) is 0 Å². The minimum Gasteiger partial charge on any atom is -0.353 e. The maximum atomic E-state index is 11.8. The second-order valence-corrected chi connectivity index (χ2v) is 7.61. The first-order valence-corrected chi connectivity index (χ1v) is 6.94. The molecule has 0 spiro atoms. The lowest BCUT2D eigenvalue weighted by atomic mass is 10.3. The van der Waals surface area contributed by atoms with E-state index in [0.717, 1.165) is 6.42 Å². The molecule has 0 aliphatic carbocycles. The maximum absolute atomic E-state index is 11.8. The summed E-state index contributed by atoms with van der Waals surface area (Å²) in [4.78, 5) is 0. The molecule has 0 bridgehead atoms.